The van der Waals surface area contributed by atoms with Gasteiger partial charge < -0.3 is 0 Å². The summed E-state index contributed by atoms with van der Waals surface area (Å²) in [4.78, 5) is 0. The van der Waals surface area contributed by atoms with Crippen molar-refractivity contribution >= 4 is 83.9 Å². The minimum atomic E-state index is 0. The van der Waals surface area contributed by atoms with Crippen LogP contribution >= 0.6 is 32.5 Å². The Kier molecular flexibility index (Phi) is 22.2. The molecule has 0 spiro atoms. The second-order valence-electron chi connectivity index (χ2n) is 0.0583. The van der Waals surface area contributed by atoms with Crippen LogP contribution in [-0.4, -0.2) is 51.4 Å². The second kappa shape index (κ2) is 9.12. The summed E-state index contributed by atoms with van der Waals surface area (Å²) in [7, 11) is 0. The molecule has 4 heavy (non-hydrogen) atoms. The second-order valence-corrected chi connectivity index (χ2v) is 1.57. The third-order valence-corrected chi connectivity index (χ3v) is 0. The number of halogens is 2. The van der Waals surface area contributed by atoms with Crippen molar-refractivity contribution in [2.75, 3.05) is 0 Å². The van der Waals surface area contributed by atoms with E-state index in [2.05, 4.69) is 35.4 Å². The maximum atomic E-state index is 3.88. The van der Waals surface area contributed by atoms with Gasteiger partial charge in [-0.05, 0) is 0 Å². The van der Waals surface area contributed by atoms with E-state index in [0.29, 0.717) is 0 Å². The molecule has 0 saturated heterocycles. The molecule has 0 aliphatic rings. The molecule has 0 amide bonds. The van der Waals surface area contributed by atoms with Gasteiger partial charge in [0.25, 0.3) is 0 Å². The van der Waals surface area contributed by atoms with Gasteiger partial charge in [-0.1, -0.05) is 0 Å². The first-order valence-corrected chi connectivity index (χ1v) is 1.60. The fourth-order valence-corrected chi connectivity index (χ4v) is 0. The molecule has 1 nitrogen and oxygen atoms in total. The first-order valence-electron chi connectivity index (χ1n) is 0.309. The predicted octanol–water partition coefficient (Wildman–Crippen LogP) is 1.24. The van der Waals surface area contributed by atoms with Gasteiger partial charge in [-0.25, -0.2) is 2.92 Å². The third-order valence-electron chi connectivity index (χ3n) is 0. The molecule has 0 aliphatic heterocycles. The van der Waals surface area contributed by atoms with Crippen LogP contribution in [0.4, 0.5) is 0 Å². The van der Waals surface area contributed by atoms with Crippen LogP contribution in [-0.2, 0) is 2.92 Å². The van der Waals surface area contributed by atoms with E-state index in [4.69, 9.17) is 0 Å². The van der Waals surface area contributed by atoms with Crippen LogP contribution in [0.5, 0.6) is 0 Å². The summed E-state index contributed by atoms with van der Waals surface area (Å²) in [5.41, 5.74) is 0. The Labute approximate surface area is 84.8 Å². The zero-order chi connectivity index (χ0) is 2.71. The molecule has 0 N–H and O–H groups in total. The van der Waals surface area contributed by atoms with Crippen LogP contribution in [0.1, 0.15) is 0 Å². The molecule has 0 saturated carbocycles. The molecule has 4 heteroatoms. The first-order chi connectivity index (χ1) is 1.41. The molecule has 0 fully saturated rings. The van der Waals surface area contributed by atoms with Gasteiger partial charge in [-0.3, -0.25) is 0 Å². The number of hydrogen-bond acceptors (Lipinski definition) is 1. The van der Waals surface area contributed by atoms with E-state index in [1.165, 1.54) is 0 Å². The van der Waals surface area contributed by atoms with Gasteiger partial charge in [0, 0.05) is 51.4 Å². The van der Waals surface area contributed by atoms with Crippen molar-refractivity contribution in [3.63, 3.8) is 0 Å². The Morgan fingerprint density at radius 2 is 1.25 bits per heavy atom. The zero-order valence-electron chi connectivity index (χ0n) is 2.16. The summed E-state index contributed by atoms with van der Waals surface area (Å²) in [6.07, 6.45) is 0. The van der Waals surface area contributed by atoms with Gasteiger partial charge in [0.2, 0.25) is 0 Å². The summed E-state index contributed by atoms with van der Waals surface area (Å²) < 4.78 is 3.88. The van der Waals surface area contributed by atoms with Crippen LogP contribution in [0.25, 0.3) is 0 Å². The SMILES string of the molecule is BrOBr.[K]. The fourth-order valence-electron chi connectivity index (χ4n) is 0. The number of rotatable bonds is 0. The summed E-state index contributed by atoms with van der Waals surface area (Å²) >= 11 is 5.12. The van der Waals surface area contributed by atoms with Gasteiger partial charge >= 0.3 is 0 Å². The van der Waals surface area contributed by atoms with E-state index in [-0.39, 0.29) is 51.4 Å². The maximum absolute atomic E-state index is 3.88. The standard InChI is InChI=1S/Br2O.K/c1-3-2;. The maximum Gasteiger partial charge on any atom is 0.115 e. The normalized spacial score (nSPS) is 4.50. The minimum Gasteiger partial charge on any atom is -0.230 e. The number of hydrogen-bond donors (Lipinski definition) is 0. The van der Waals surface area contributed by atoms with E-state index in [0.717, 1.165) is 0 Å². The largest absolute Gasteiger partial charge is 0.230 e. The van der Waals surface area contributed by atoms with Gasteiger partial charge in [0.15, 0.2) is 0 Å². The molecule has 0 atom stereocenters. The van der Waals surface area contributed by atoms with Crippen molar-refractivity contribution in [2.45, 2.75) is 0 Å². The van der Waals surface area contributed by atoms with Gasteiger partial charge in [-0.15, -0.1) is 0 Å². The van der Waals surface area contributed by atoms with Crippen LogP contribution in [0.3, 0.4) is 0 Å². The summed E-state index contributed by atoms with van der Waals surface area (Å²) in [5, 5.41) is 0. The quantitative estimate of drug-likeness (QED) is 0.552. The Bertz CT molecular complexity index is 6.00. The average molecular weight is 215 g/mol. The van der Waals surface area contributed by atoms with Crippen molar-refractivity contribution in [1.82, 2.24) is 0 Å². The molecule has 21 valence electrons. The van der Waals surface area contributed by atoms with Crippen molar-refractivity contribution < 1.29 is 2.92 Å². The molecule has 0 aromatic heterocycles. The smallest absolute Gasteiger partial charge is 0.115 e. The Hall–Kier alpha value is 2.56. The molecule has 0 unspecified atom stereocenters. The van der Waals surface area contributed by atoms with Crippen molar-refractivity contribution in [2.24, 2.45) is 0 Å². The Morgan fingerprint density at radius 3 is 1.25 bits per heavy atom. The average Bonchev–Trinajstić information content (AvgIpc) is 0.918. The van der Waals surface area contributed by atoms with E-state index < -0.39 is 0 Å². The van der Waals surface area contributed by atoms with Crippen LogP contribution in [0, 0.1) is 0 Å². The van der Waals surface area contributed by atoms with Gasteiger partial charge in [0.1, 0.15) is 32.5 Å². The molecule has 0 aromatic rings. The van der Waals surface area contributed by atoms with Crippen molar-refractivity contribution in [3.05, 3.63) is 0 Å². The first kappa shape index (κ1) is 9.75. The Balaban J connectivity index is 0. The molecule has 0 aliphatic carbocycles. The Morgan fingerprint density at radius 1 is 1.25 bits per heavy atom. The molecule has 0 aromatic carbocycles. The zero-order valence-corrected chi connectivity index (χ0v) is 8.46. The monoisotopic (exact) mass is 213 g/mol. The van der Waals surface area contributed by atoms with E-state index in [1.807, 2.05) is 0 Å². The van der Waals surface area contributed by atoms with Crippen LogP contribution in [0.2, 0.25) is 0 Å². The van der Waals surface area contributed by atoms with E-state index in [1.54, 1.807) is 0 Å². The topological polar surface area (TPSA) is 9.23 Å². The predicted molar refractivity (Wildman–Crippen MR) is 24.7 cm³/mol. The molecular weight excluding hydrogens is 215 g/mol. The van der Waals surface area contributed by atoms with Gasteiger partial charge in [0.05, 0.1) is 0 Å². The molecule has 0 heterocycles. The molecule has 1 radical (unpaired) electrons. The van der Waals surface area contributed by atoms with Crippen LogP contribution < -0.4 is 0 Å². The molecule has 0 rings (SSSR count). The fraction of sp³-hybridized carbons (Fsp3) is 0. The third kappa shape index (κ3) is 8.82. The summed E-state index contributed by atoms with van der Waals surface area (Å²) in [6, 6.07) is 0. The minimum absolute atomic E-state index is 0. The summed E-state index contributed by atoms with van der Waals surface area (Å²) in [6.45, 7) is 0. The van der Waals surface area contributed by atoms with Crippen molar-refractivity contribution in [1.29, 1.82) is 0 Å². The van der Waals surface area contributed by atoms with Crippen LogP contribution in [0.15, 0.2) is 0 Å². The van der Waals surface area contributed by atoms with Crippen molar-refractivity contribution in [3.8, 4) is 0 Å². The van der Waals surface area contributed by atoms with E-state index >= 15 is 0 Å². The molecule has 0 bridgehead atoms. The van der Waals surface area contributed by atoms with Gasteiger partial charge in [-0.2, -0.15) is 0 Å². The van der Waals surface area contributed by atoms with E-state index in [9.17, 15) is 0 Å². The summed E-state index contributed by atoms with van der Waals surface area (Å²) in [5.74, 6) is 0. The molecular formula is Br2KO.